The number of carbonyl (C=O) groups is 1. The van der Waals surface area contributed by atoms with E-state index in [1.54, 1.807) is 24.3 Å². The molecule has 74 valence electrons. The monoisotopic (exact) mass is 190 g/mol. The molecule has 0 aliphatic rings. The number of carbonyl (C=O) groups excluding carboxylic acids is 1. The van der Waals surface area contributed by atoms with Crippen molar-refractivity contribution in [2.45, 2.75) is 19.8 Å². The Morgan fingerprint density at radius 2 is 2.00 bits per heavy atom. The van der Waals surface area contributed by atoms with Crippen LogP contribution in [0, 0.1) is 6.92 Å². The van der Waals surface area contributed by atoms with Crippen LogP contribution in [0.1, 0.15) is 35.7 Å². The molecule has 0 atom stereocenters. The predicted octanol–water partition coefficient (Wildman–Crippen LogP) is 2.70. The molecule has 0 aliphatic carbocycles. The van der Waals surface area contributed by atoms with Crippen molar-refractivity contribution in [3.05, 3.63) is 42.3 Å². The first-order chi connectivity index (χ1) is 6.74. The van der Waals surface area contributed by atoms with Crippen LogP contribution < -0.4 is 0 Å². The van der Waals surface area contributed by atoms with Crippen molar-refractivity contribution in [3.8, 4) is 0 Å². The summed E-state index contributed by atoms with van der Waals surface area (Å²) >= 11 is 0. The van der Waals surface area contributed by atoms with E-state index in [1.807, 2.05) is 0 Å². The number of benzene rings is 1. The highest BCUT2D eigenvalue weighted by molar-refractivity contribution is 5.89. The second kappa shape index (κ2) is 5.43. The van der Waals surface area contributed by atoms with Gasteiger partial charge in [0.15, 0.2) is 0 Å². The first-order valence-electron chi connectivity index (χ1n) is 4.76. The summed E-state index contributed by atoms with van der Waals surface area (Å²) in [5.74, 6) is -0.279. The van der Waals surface area contributed by atoms with Gasteiger partial charge in [0.05, 0.1) is 12.2 Å². The minimum absolute atomic E-state index is 0.279. The molecule has 0 spiro atoms. The Balaban J connectivity index is 2.48. The lowest BCUT2D eigenvalue weighted by Crippen LogP contribution is -2.05. The zero-order chi connectivity index (χ0) is 10.4. The quantitative estimate of drug-likeness (QED) is 0.539. The second-order valence-electron chi connectivity index (χ2n) is 3.11. The molecule has 0 fully saturated rings. The summed E-state index contributed by atoms with van der Waals surface area (Å²) < 4.78 is 5.03. The SMILES string of the molecule is [CH]c1ccc(C(=O)OCCCC)cc1. The van der Waals surface area contributed by atoms with Gasteiger partial charge in [0.1, 0.15) is 0 Å². The molecule has 0 aliphatic heterocycles. The maximum atomic E-state index is 11.4. The van der Waals surface area contributed by atoms with E-state index in [-0.39, 0.29) is 5.97 Å². The van der Waals surface area contributed by atoms with Crippen molar-refractivity contribution in [1.82, 2.24) is 0 Å². The maximum Gasteiger partial charge on any atom is 0.338 e. The van der Waals surface area contributed by atoms with Gasteiger partial charge in [-0.1, -0.05) is 25.5 Å². The summed E-state index contributed by atoms with van der Waals surface area (Å²) in [6.45, 7) is 8.03. The smallest absolute Gasteiger partial charge is 0.338 e. The molecule has 2 radical (unpaired) electrons. The third-order valence-electron chi connectivity index (χ3n) is 1.88. The van der Waals surface area contributed by atoms with Crippen molar-refractivity contribution in [2.75, 3.05) is 6.61 Å². The van der Waals surface area contributed by atoms with Crippen LogP contribution in [0.15, 0.2) is 24.3 Å². The number of hydrogen-bond donors (Lipinski definition) is 0. The van der Waals surface area contributed by atoms with Gasteiger partial charge in [-0.25, -0.2) is 4.79 Å². The Morgan fingerprint density at radius 1 is 1.36 bits per heavy atom. The van der Waals surface area contributed by atoms with E-state index in [9.17, 15) is 4.79 Å². The van der Waals surface area contributed by atoms with Crippen molar-refractivity contribution >= 4 is 5.97 Å². The number of ether oxygens (including phenoxy) is 1. The van der Waals surface area contributed by atoms with Gasteiger partial charge < -0.3 is 4.74 Å². The van der Waals surface area contributed by atoms with Crippen LogP contribution >= 0.6 is 0 Å². The van der Waals surface area contributed by atoms with Crippen LogP contribution in [0.4, 0.5) is 0 Å². The molecule has 0 bridgehead atoms. The highest BCUT2D eigenvalue weighted by atomic mass is 16.5. The second-order valence-corrected chi connectivity index (χ2v) is 3.11. The van der Waals surface area contributed by atoms with E-state index in [1.165, 1.54) is 0 Å². The van der Waals surface area contributed by atoms with Gasteiger partial charge in [0.2, 0.25) is 0 Å². The zero-order valence-electron chi connectivity index (χ0n) is 8.32. The van der Waals surface area contributed by atoms with Crippen LogP contribution in [0.2, 0.25) is 0 Å². The van der Waals surface area contributed by atoms with Crippen molar-refractivity contribution in [1.29, 1.82) is 0 Å². The van der Waals surface area contributed by atoms with E-state index in [4.69, 9.17) is 11.7 Å². The Labute approximate surface area is 84.9 Å². The first kappa shape index (κ1) is 10.8. The molecule has 2 heteroatoms. The standard InChI is InChI=1S/C12H14O2/c1-3-4-9-14-12(13)11-7-5-10(2)6-8-11/h2,5-8H,3-4,9H2,1H3. The third kappa shape index (κ3) is 3.21. The lowest BCUT2D eigenvalue weighted by atomic mass is 10.1. The van der Waals surface area contributed by atoms with Gasteiger partial charge in [-0.15, -0.1) is 0 Å². The molecule has 0 saturated carbocycles. The number of esters is 1. The topological polar surface area (TPSA) is 26.3 Å². The molecule has 0 N–H and O–H groups in total. The van der Waals surface area contributed by atoms with Crippen LogP contribution in [0.25, 0.3) is 0 Å². The van der Waals surface area contributed by atoms with Crippen molar-refractivity contribution < 1.29 is 9.53 Å². The summed E-state index contributed by atoms with van der Waals surface area (Å²) in [5.41, 5.74) is 1.20. The Morgan fingerprint density at radius 3 is 2.57 bits per heavy atom. The van der Waals surface area contributed by atoms with Gasteiger partial charge in [-0.05, 0) is 31.0 Å². The first-order valence-corrected chi connectivity index (χ1v) is 4.76. The zero-order valence-corrected chi connectivity index (χ0v) is 8.32. The summed E-state index contributed by atoms with van der Waals surface area (Å²) in [7, 11) is 0. The Bertz CT molecular complexity index is 288. The number of hydrogen-bond acceptors (Lipinski definition) is 2. The van der Waals surface area contributed by atoms with Crippen molar-refractivity contribution in [3.63, 3.8) is 0 Å². The highest BCUT2D eigenvalue weighted by Crippen LogP contribution is 2.05. The number of rotatable bonds is 4. The van der Waals surface area contributed by atoms with Crippen LogP contribution in [-0.4, -0.2) is 12.6 Å². The average molecular weight is 190 g/mol. The minimum atomic E-state index is -0.279. The minimum Gasteiger partial charge on any atom is -0.462 e. The molecular weight excluding hydrogens is 176 g/mol. The summed E-state index contributed by atoms with van der Waals surface area (Å²) in [6.07, 6.45) is 1.93. The predicted molar refractivity (Wildman–Crippen MR) is 55.0 cm³/mol. The van der Waals surface area contributed by atoms with Crippen molar-refractivity contribution in [2.24, 2.45) is 0 Å². The fraction of sp³-hybridized carbons (Fsp3) is 0.333. The fourth-order valence-electron chi connectivity index (χ4n) is 1.01. The van der Waals surface area contributed by atoms with E-state index in [0.29, 0.717) is 17.7 Å². The molecule has 0 unspecified atom stereocenters. The van der Waals surface area contributed by atoms with E-state index in [2.05, 4.69) is 6.92 Å². The summed E-state index contributed by atoms with van der Waals surface area (Å²) in [5, 5.41) is 0. The van der Waals surface area contributed by atoms with Gasteiger partial charge in [0.25, 0.3) is 0 Å². The van der Waals surface area contributed by atoms with Gasteiger partial charge in [0, 0.05) is 0 Å². The normalized spacial score (nSPS) is 9.86. The lowest BCUT2D eigenvalue weighted by Gasteiger charge is -2.03. The maximum absolute atomic E-state index is 11.4. The van der Waals surface area contributed by atoms with Gasteiger partial charge in [-0.2, -0.15) is 0 Å². The molecule has 14 heavy (non-hydrogen) atoms. The largest absolute Gasteiger partial charge is 0.462 e. The molecule has 1 rings (SSSR count). The van der Waals surface area contributed by atoms with Crippen LogP contribution in [0.3, 0.4) is 0 Å². The fourth-order valence-corrected chi connectivity index (χ4v) is 1.01. The van der Waals surface area contributed by atoms with Gasteiger partial charge >= 0.3 is 5.97 Å². The van der Waals surface area contributed by atoms with E-state index >= 15 is 0 Å². The molecule has 2 nitrogen and oxygen atoms in total. The van der Waals surface area contributed by atoms with Crippen LogP contribution in [0.5, 0.6) is 0 Å². The average Bonchev–Trinajstić information content (AvgIpc) is 2.19. The molecule has 1 aromatic carbocycles. The molecule has 0 aromatic heterocycles. The van der Waals surface area contributed by atoms with Gasteiger partial charge in [-0.3, -0.25) is 0 Å². The summed E-state index contributed by atoms with van der Waals surface area (Å²) in [6, 6.07) is 6.72. The van der Waals surface area contributed by atoms with Crippen LogP contribution in [-0.2, 0) is 4.74 Å². The molecular formula is C12H14O2. The van der Waals surface area contributed by atoms with E-state index < -0.39 is 0 Å². The Kier molecular flexibility index (Phi) is 4.17. The Hall–Kier alpha value is -1.31. The summed E-state index contributed by atoms with van der Waals surface area (Å²) in [4.78, 5) is 11.4. The molecule has 0 saturated heterocycles. The number of unbranched alkanes of at least 4 members (excludes halogenated alkanes) is 1. The third-order valence-corrected chi connectivity index (χ3v) is 1.88. The highest BCUT2D eigenvalue weighted by Gasteiger charge is 2.04. The molecule has 1 aromatic rings. The lowest BCUT2D eigenvalue weighted by molar-refractivity contribution is 0.0500. The molecule has 0 heterocycles. The molecule has 0 amide bonds. The van der Waals surface area contributed by atoms with E-state index in [0.717, 1.165) is 12.8 Å².